The summed E-state index contributed by atoms with van der Waals surface area (Å²) in [6, 6.07) is 1.71. The van der Waals surface area contributed by atoms with Gasteiger partial charge >= 0.3 is 5.97 Å². The Labute approximate surface area is 104 Å². The lowest BCUT2D eigenvalue weighted by Gasteiger charge is -2.19. The Morgan fingerprint density at radius 2 is 2.06 bits per heavy atom. The molecule has 1 atom stereocenters. The van der Waals surface area contributed by atoms with Crippen LogP contribution in [0.1, 0.15) is 24.3 Å². The quantitative estimate of drug-likeness (QED) is 0.717. The van der Waals surface area contributed by atoms with Crippen LogP contribution in [0.5, 0.6) is 0 Å². The number of esters is 1. The summed E-state index contributed by atoms with van der Waals surface area (Å²) in [4.78, 5) is 34.1. The van der Waals surface area contributed by atoms with Crippen molar-refractivity contribution in [1.82, 2.24) is 15.5 Å². The molecule has 1 heterocycles. The summed E-state index contributed by atoms with van der Waals surface area (Å²) in [5.41, 5.74) is -0.371. The second-order valence-corrected chi connectivity index (χ2v) is 4.02. The van der Waals surface area contributed by atoms with Crippen molar-refractivity contribution < 1.29 is 14.3 Å². The maximum atomic E-state index is 11.8. The third kappa shape index (κ3) is 3.41. The third-order valence-electron chi connectivity index (χ3n) is 2.32. The molecule has 1 amide bonds. The molecule has 0 saturated carbocycles. The Balaban J connectivity index is 2.81. The first-order chi connectivity index (χ1) is 8.45. The van der Waals surface area contributed by atoms with E-state index in [0.29, 0.717) is 0 Å². The first-order valence-electron chi connectivity index (χ1n) is 5.40. The van der Waals surface area contributed by atoms with Crippen molar-refractivity contribution in [2.24, 2.45) is 5.92 Å². The minimum atomic E-state index is -0.753. The molecule has 1 aromatic rings. The highest BCUT2D eigenvalue weighted by Crippen LogP contribution is 2.04. The highest BCUT2D eigenvalue weighted by molar-refractivity contribution is 5.95. The highest BCUT2D eigenvalue weighted by Gasteiger charge is 2.25. The van der Waals surface area contributed by atoms with Gasteiger partial charge in [-0.2, -0.15) is 5.10 Å². The average molecular weight is 253 g/mol. The van der Waals surface area contributed by atoms with Gasteiger partial charge in [0.25, 0.3) is 11.5 Å². The summed E-state index contributed by atoms with van der Waals surface area (Å²) in [6.45, 7) is 3.56. The van der Waals surface area contributed by atoms with Crippen LogP contribution in [0, 0.1) is 5.92 Å². The second-order valence-electron chi connectivity index (χ2n) is 4.02. The molecule has 0 aliphatic heterocycles. The van der Waals surface area contributed by atoms with Crippen LogP contribution in [0.4, 0.5) is 0 Å². The van der Waals surface area contributed by atoms with Gasteiger partial charge in [0.15, 0.2) is 0 Å². The van der Waals surface area contributed by atoms with Crippen molar-refractivity contribution in [3.8, 4) is 0 Å². The molecule has 1 unspecified atom stereocenters. The van der Waals surface area contributed by atoms with Crippen LogP contribution in [0.3, 0.4) is 0 Å². The van der Waals surface area contributed by atoms with E-state index >= 15 is 0 Å². The maximum Gasteiger partial charge on any atom is 0.328 e. The fourth-order valence-corrected chi connectivity index (χ4v) is 1.31. The zero-order valence-electron chi connectivity index (χ0n) is 10.4. The lowest BCUT2D eigenvalue weighted by molar-refractivity contribution is -0.144. The molecule has 0 aliphatic rings. The van der Waals surface area contributed by atoms with Gasteiger partial charge < -0.3 is 10.1 Å². The van der Waals surface area contributed by atoms with Gasteiger partial charge in [-0.3, -0.25) is 9.59 Å². The summed E-state index contributed by atoms with van der Waals surface area (Å²) in [7, 11) is 1.25. The van der Waals surface area contributed by atoms with E-state index in [4.69, 9.17) is 0 Å². The number of aromatic amines is 1. The predicted octanol–water partition coefficient (Wildman–Crippen LogP) is -0.303. The molecule has 0 saturated heterocycles. The minimum absolute atomic E-state index is 0.0316. The Hall–Kier alpha value is -2.18. The number of carbonyl (C=O) groups excluding carboxylic acids is 2. The van der Waals surface area contributed by atoms with E-state index in [1.165, 1.54) is 19.2 Å². The summed E-state index contributed by atoms with van der Waals surface area (Å²) >= 11 is 0. The number of aromatic nitrogens is 2. The van der Waals surface area contributed by atoms with Crippen molar-refractivity contribution in [2.75, 3.05) is 7.11 Å². The van der Waals surface area contributed by atoms with Crippen molar-refractivity contribution in [3.63, 3.8) is 0 Å². The summed E-state index contributed by atoms with van der Waals surface area (Å²) < 4.78 is 4.60. The lowest BCUT2D eigenvalue weighted by Crippen LogP contribution is -2.45. The van der Waals surface area contributed by atoms with Gasteiger partial charge in [-0.15, -0.1) is 0 Å². The maximum absolute atomic E-state index is 11.8. The molecule has 2 N–H and O–H groups in total. The molecule has 0 fully saturated rings. The van der Waals surface area contributed by atoms with Gasteiger partial charge in [0, 0.05) is 6.07 Å². The van der Waals surface area contributed by atoms with Crippen LogP contribution >= 0.6 is 0 Å². The Bertz CT molecular complexity index is 475. The van der Waals surface area contributed by atoms with E-state index in [2.05, 4.69) is 20.3 Å². The van der Waals surface area contributed by atoms with Gasteiger partial charge in [-0.05, 0) is 12.0 Å². The number of nitrogens with one attached hydrogen (secondary N) is 2. The number of carbonyl (C=O) groups is 2. The topological polar surface area (TPSA) is 101 Å². The first-order valence-corrected chi connectivity index (χ1v) is 5.40. The zero-order valence-corrected chi connectivity index (χ0v) is 10.4. The Morgan fingerprint density at radius 3 is 2.50 bits per heavy atom. The van der Waals surface area contributed by atoms with E-state index in [1.54, 1.807) is 13.8 Å². The fraction of sp³-hybridized carbons (Fsp3) is 0.455. The number of methoxy groups -OCH3 is 1. The third-order valence-corrected chi connectivity index (χ3v) is 2.32. The van der Waals surface area contributed by atoms with Crippen LogP contribution in [-0.2, 0) is 9.53 Å². The molecular formula is C11H15N3O4. The molecule has 0 aromatic carbocycles. The molecule has 0 radical (unpaired) electrons. The molecule has 7 heteroatoms. The molecule has 18 heavy (non-hydrogen) atoms. The van der Waals surface area contributed by atoms with Crippen LogP contribution < -0.4 is 10.9 Å². The van der Waals surface area contributed by atoms with E-state index in [1.807, 2.05) is 0 Å². The SMILES string of the molecule is COC(=O)C(NC(=O)c1ccc(=O)[nH]n1)C(C)C. The van der Waals surface area contributed by atoms with Gasteiger partial charge in [-0.25, -0.2) is 9.89 Å². The van der Waals surface area contributed by atoms with Gasteiger partial charge in [0.1, 0.15) is 11.7 Å². The second kappa shape index (κ2) is 5.95. The lowest BCUT2D eigenvalue weighted by atomic mass is 10.0. The number of ether oxygens (including phenoxy) is 1. The summed E-state index contributed by atoms with van der Waals surface area (Å²) in [5, 5.41) is 8.22. The number of amides is 1. The van der Waals surface area contributed by atoms with Gasteiger partial charge in [0.2, 0.25) is 0 Å². The molecule has 7 nitrogen and oxygen atoms in total. The largest absolute Gasteiger partial charge is 0.467 e. The Kier molecular flexibility index (Phi) is 4.59. The van der Waals surface area contributed by atoms with Crippen LogP contribution in [0.25, 0.3) is 0 Å². The predicted molar refractivity (Wildman–Crippen MR) is 63.0 cm³/mol. The van der Waals surface area contributed by atoms with Gasteiger partial charge in [0.05, 0.1) is 7.11 Å². The van der Waals surface area contributed by atoms with Crippen molar-refractivity contribution in [1.29, 1.82) is 0 Å². The molecule has 0 aliphatic carbocycles. The number of H-pyrrole nitrogens is 1. The van der Waals surface area contributed by atoms with E-state index in [9.17, 15) is 14.4 Å². The normalized spacial score (nSPS) is 12.0. The molecule has 98 valence electrons. The van der Waals surface area contributed by atoms with E-state index < -0.39 is 23.5 Å². The average Bonchev–Trinajstić information content (AvgIpc) is 2.35. The minimum Gasteiger partial charge on any atom is -0.467 e. The van der Waals surface area contributed by atoms with Gasteiger partial charge in [-0.1, -0.05) is 13.8 Å². The van der Waals surface area contributed by atoms with Crippen molar-refractivity contribution in [3.05, 3.63) is 28.2 Å². The van der Waals surface area contributed by atoms with Crippen LogP contribution in [0.15, 0.2) is 16.9 Å². The number of hydrogen-bond acceptors (Lipinski definition) is 5. The zero-order chi connectivity index (χ0) is 13.7. The van der Waals surface area contributed by atoms with Crippen LogP contribution in [-0.4, -0.2) is 35.2 Å². The van der Waals surface area contributed by atoms with Crippen molar-refractivity contribution in [2.45, 2.75) is 19.9 Å². The molecule has 1 aromatic heterocycles. The van der Waals surface area contributed by atoms with E-state index in [0.717, 1.165) is 0 Å². The van der Waals surface area contributed by atoms with Crippen molar-refractivity contribution >= 4 is 11.9 Å². The first kappa shape index (κ1) is 13.9. The fourth-order valence-electron chi connectivity index (χ4n) is 1.31. The number of rotatable bonds is 4. The Morgan fingerprint density at radius 1 is 1.39 bits per heavy atom. The summed E-state index contributed by atoms with van der Waals surface area (Å²) in [5.74, 6) is -1.19. The molecular weight excluding hydrogens is 238 g/mol. The number of hydrogen-bond donors (Lipinski definition) is 2. The smallest absolute Gasteiger partial charge is 0.328 e. The number of nitrogens with zero attached hydrogens (tertiary/aromatic N) is 1. The molecule has 1 rings (SSSR count). The highest BCUT2D eigenvalue weighted by atomic mass is 16.5. The molecule has 0 bridgehead atoms. The standard InChI is InChI=1S/C11H15N3O4/c1-6(2)9(11(17)18-3)12-10(16)7-4-5-8(15)14-13-7/h4-6,9H,1-3H3,(H,12,16)(H,14,15). The monoisotopic (exact) mass is 253 g/mol. The molecule has 0 spiro atoms. The van der Waals surface area contributed by atoms with Crippen LogP contribution in [0.2, 0.25) is 0 Å². The summed E-state index contributed by atoms with van der Waals surface area (Å²) in [6.07, 6.45) is 0. The van der Waals surface area contributed by atoms with E-state index in [-0.39, 0.29) is 11.6 Å².